The first-order chi connectivity index (χ1) is 12.2. The maximum absolute atomic E-state index is 12.3. The second-order valence-electron chi connectivity index (χ2n) is 5.36. The van der Waals surface area contributed by atoms with Gasteiger partial charge in [-0.25, -0.2) is 4.98 Å². The molecule has 122 valence electrons. The fraction of sp³-hybridized carbons (Fsp3) is 0. The number of oxazole rings is 1. The van der Waals surface area contributed by atoms with Crippen molar-refractivity contribution in [1.82, 2.24) is 9.97 Å². The van der Waals surface area contributed by atoms with Gasteiger partial charge in [-0.1, -0.05) is 12.1 Å². The highest BCUT2D eigenvalue weighted by Crippen LogP contribution is 2.25. The van der Waals surface area contributed by atoms with Gasteiger partial charge in [-0.2, -0.15) is 4.98 Å². The van der Waals surface area contributed by atoms with Crippen LogP contribution >= 0.6 is 15.9 Å². The average molecular weight is 394 g/mol. The number of nitrogens with zero attached hydrogens (tertiary/aromatic N) is 2. The molecule has 0 unspecified atom stereocenters. The van der Waals surface area contributed by atoms with Crippen LogP contribution in [-0.2, 0) is 0 Å². The molecule has 6 heteroatoms. The molecule has 0 spiro atoms. The van der Waals surface area contributed by atoms with Crippen LogP contribution in [0, 0.1) is 0 Å². The average Bonchev–Trinajstić information content (AvgIpc) is 3.07. The van der Waals surface area contributed by atoms with E-state index in [4.69, 9.17) is 4.42 Å². The maximum atomic E-state index is 12.3. The van der Waals surface area contributed by atoms with Crippen LogP contribution in [0.25, 0.3) is 22.7 Å². The summed E-state index contributed by atoms with van der Waals surface area (Å²) >= 11 is 3.38. The van der Waals surface area contributed by atoms with Crippen molar-refractivity contribution in [2.75, 3.05) is 5.32 Å². The van der Waals surface area contributed by atoms with Crippen LogP contribution < -0.4 is 5.32 Å². The second-order valence-corrected chi connectivity index (χ2v) is 6.21. The molecule has 1 N–H and O–H groups in total. The Morgan fingerprint density at radius 2 is 1.80 bits per heavy atom. The van der Waals surface area contributed by atoms with E-state index in [-0.39, 0.29) is 5.91 Å². The number of carbonyl (C=O) groups excluding carboxylic acids is 1. The highest BCUT2D eigenvalue weighted by molar-refractivity contribution is 9.10. The predicted octanol–water partition coefficient (Wildman–Crippen LogP) is 4.90. The molecule has 1 amide bonds. The van der Waals surface area contributed by atoms with Crippen molar-refractivity contribution in [3.8, 4) is 11.5 Å². The Hall–Kier alpha value is -2.99. The number of benzene rings is 2. The molecule has 4 aromatic rings. The van der Waals surface area contributed by atoms with Crippen molar-refractivity contribution >= 4 is 38.8 Å². The molecule has 0 saturated heterocycles. The first-order valence-electron chi connectivity index (χ1n) is 7.58. The van der Waals surface area contributed by atoms with E-state index in [1.807, 2.05) is 48.5 Å². The number of rotatable bonds is 3. The van der Waals surface area contributed by atoms with Gasteiger partial charge >= 0.3 is 0 Å². The van der Waals surface area contributed by atoms with Crippen molar-refractivity contribution in [2.24, 2.45) is 0 Å². The topological polar surface area (TPSA) is 68.0 Å². The second kappa shape index (κ2) is 6.49. The predicted molar refractivity (Wildman–Crippen MR) is 99.3 cm³/mol. The summed E-state index contributed by atoms with van der Waals surface area (Å²) in [5, 5.41) is 2.87. The van der Waals surface area contributed by atoms with Gasteiger partial charge in [-0.05, 0) is 64.5 Å². The third-order valence-electron chi connectivity index (χ3n) is 3.67. The molecule has 0 saturated carbocycles. The Labute approximate surface area is 151 Å². The molecule has 2 aromatic carbocycles. The number of nitrogens with one attached hydrogen (secondary N) is 1. The lowest BCUT2D eigenvalue weighted by Gasteiger charge is -2.07. The molecule has 25 heavy (non-hydrogen) atoms. The molecule has 2 heterocycles. The number of aromatic nitrogens is 2. The lowest BCUT2D eigenvalue weighted by atomic mass is 10.2. The Bertz CT molecular complexity index is 1020. The molecule has 0 aliphatic rings. The van der Waals surface area contributed by atoms with Gasteiger partial charge in [0.25, 0.3) is 5.91 Å². The van der Waals surface area contributed by atoms with Crippen molar-refractivity contribution in [3.05, 3.63) is 76.9 Å². The summed E-state index contributed by atoms with van der Waals surface area (Å²) in [6, 6.07) is 18.2. The molecule has 5 nitrogen and oxygen atoms in total. The summed E-state index contributed by atoms with van der Waals surface area (Å²) in [7, 11) is 0. The number of carbonyl (C=O) groups is 1. The molecule has 0 aliphatic heterocycles. The first-order valence-corrected chi connectivity index (χ1v) is 8.38. The van der Waals surface area contributed by atoms with Crippen LogP contribution in [0.1, 0.15) is 10.4 Å². The van der Waals surface area contributed by atoms with E-state index in [2.05, 4.69) is 31.2 Å². The summed E-state index contributed by atoms with van der Waals surface area (Å²) in [6.07, 6.45) is 1.68. The minimum absolute atomic E-state index is 0.175. The smallest absolute Gasteiger partial charge is 0.256 e. The minimum Gasteiger partial charge on any atom is -0.434 e. The summed E-state index contributed by atoms with van der Waals surface area (Å²) in [6.45, 7) is 0. The van der Waals surface area contributed by atoms with Crippen LogP contribution in [0.5, 0.6) is 0 Å². The Morgan fingerprint density at radius 3 is 2.56 bits per heavy atom. The van der Waals surface area contributed by atoms with E-state index in [9.17, 15) is 4.79 Å². The van der Waals surface area contributed by atoms with Gasteiger partial charge in [0.1, 0.15) is 0 Å². The van der Waals surface area contributed by atoms with Crippen molar-refractivity contribution < 1.29 is 9.21 Å². The number of hydrogen-bond acceptors (Lipinski definition) is 4. The highest BCUT2D eigenvalue weighted by atomic mass is 79.9. The van der Waals surface area contributed by atoms with Crippen LogP contribution in [0.2, 0.25) is 0 Å². The standard InChI is InChI=1S/C19H12BrN3O2/c20-15-5-2-1-4-14(15)18(24)22-13-9-7-12(8-10-13)19-23-17-16(25-19)6-3-11-21-17/h1-11H,(H,22,24). The number of fused-ring (bicyclic) bond motifs is 1. The van der Waals surface area contributed by atoms with Gasteiger partial charge in [0, 0.05) is 21.9 Å². The maximum Gasteiger partial charge on any atom is 0.256 e. The largest absolute Gasteiger partial charge is 0.434 e. The lowest BCUT2D eigenvalue weighted by molar-refractivity contribution is 0.102. The molecule has 0 radical (unpaired) electrons. The van der Waals surface area contributed by atoms with Crippen molar-refractivity contribution in [2.45, 2.75) is 0 Å². The number of halogens is 1. The molecular weight excluding hydrogens is 382 g/mol. The molecule has 2 aromatic heterocycles. The molecule has 0 atom stereocenters. The number of hydrogen-bond donors (Lipinski definition) is 1. The fourth-order valence-corrected chi connectivity index (χ4v) is 2.90. The van der Waals surface area contributed by atoms with E-state index in [1.54, 1.807) is 18.3 Å². The van der Waals surface area contributed by atoms with E-state index >= 15 is 0 Å². The third-order valence-corrected chi connectivity index (χ3v) is 4.36. The molecule has 0 aliphatic carbocycles. The van der Waals surface area contributed by atoms with Gasteiger partial charge in [0.2, 0.25) is 5.89 Å². The van der Waals surface area contributed by atoms with E-state index < -0.39 is 0 Å². The number of amides is 1. The molecule has 0 fully saturated rings. The zero-order valence-corrected chi connectivity index (χ0v) is 14.5. The number of pyridine rings is 1. The molecule has 0 bridgehead atoms. The Kier molecular flexibility index (Phi) is 4.03. The van der Waals surface area contributed by atoms with Crippen LogP contribution in [0.3, 0.4) is 0 Å². The lowest BCUT2D eigenvalue weighted by Crippen LogP contribution is -2.12. The Balaban J connectivity index is 1.56. The van der Waals surface area contributed by atoms with Crippen LogP contribution in [0.4, 0.5) is 5.69 Å². The molecular formula is C19H12BrN3O2. The van der Waals surface area contributed by atoms with E-state index in [0.29, 0.717) is 28.4 Å². The first kappa shape index (κ1) is 15.5. The van der Waals surface area contributed by atoms with Gasteiger partial charge in [-0.3, -0.25) is 4.79 Å². The number of anilines is 1. The monoisotopic (exact) mass is 393 g/mol. The summed E-state index contributed by atoms with van der Waals surface area (Å²) in [5.74, 6) is 0.323. The summed E-state index contributed by atoms with van der Waals surface area (Å²) in [4.78, 5) is 20.8. The zero-order valence-electron chi connectivity index (χ0n) is 12.9. The minimum atomic E-state index is -0.175. The normalized spacial score (nSPS) is 10.8. The van der Waals surface area contributed by atoms with E-state index in [0.717, 1.165) is 10.0 Å². The Morgan fingerprint density at radius 1 is 1.00 bits per heavy atom. The summed E-state index contributed by atoms with van der Waals surface area (Å²) in [5.41, 5.74) is 3.31. The van der Waals surface area contributed by atoms with Gasteiger partial charge in [-0.15, -0.1) is 0 Å². The van der Waals surface area contributed by atoms with Gasteiger partial charge in [0.15, 0.2) is 11.2 Å². The van der Waals surface area contributed by atoms with Crippen LogP contribution in [0.15, 0.2) is 75.8 Å². The van der Waals surface area contributed by atoms with Gasteiger partial charge < -0.3 is 9.73 Å². The van der Waals surface area contributed by atoms with E-state index in [1.165, 1.54) is 0 Å². The SMILES string of the molecule is O=C(Nc1ccc(-c2nc3ncccc3o2)cc1)c1ccccc1Br. The highest BCUT2D eigenvalue weighted by Gasteiger charge is 2.11. The van der Waals surface area contributed by atoms with Crippen molar-refractivity contribution in [3.63, 3.8) is 0 Å². The summed E-state index contributed by atoms with van der Waals surface area (Å²) < 4.78 is 6.45. The quantitative estimate of drug-likeness (QED) is 0.537. The zero-order chi connectivity index (χ0) is 17.2. The van der Waals surface area contributed by atoms with Gasteiger partial charge in [0.05, 0.1) is 5.56 Å². The van der Waals surface area contributed by atoms with Crippen molar-refractivity contribution in [1.29, 1.82) is 0 Å². The van der Waals surface area contributed by atoms with Crippen LogP contribution in [-0.4, -0.2) is 15.9 Å². The molecule has 4 rings (SSSR count). The third kappa shape index (κ3) is 3.16. The fourth-order valence-electron chi connectivity index (χ4n) is 2.43.